The van der Waals surface area contributed by atoms with Crippen molar-refractivity contribution in [2.75, 3.05) is 0 Å². The van der Waals surface area contributed by atoms with Crippen LogP contribution in [0.3, 0.4) is 0 Å². The van der Waals surface area contributed by atoms with Crippen LogP contribution in [0.1, 0.15) is 18.1 Å². The lowest BCUT2D eigenvalue weighted by molar-refractivity contribution is -0.243. The Morgan fingerprint density at radius 2 is 1.85 bits per heavy atom. The molecule has 0 spiro atoms. The Morgan fingerprint density at radius 1 is 1.31 bits per heavy atom. The van der Waals surface area contributed by atoms with E-state index in [1.807, 2.05) is 19.1 Å². The largest absolute Gasteiger partial charge is 0.872 e. The topological polar surface area (TPSA) is 40.1 Å². The Balaban J connectivity index is 2.96. The Hall–Kier alpha value is -1.57. The highest BCUT2D eigenvalue weighted by molar-refractivity contribution is 5.93. The molecular weight excluding hydrogens is 164 g/mol. The van der Waals surface area contributed by atoms with E-state index >= 15 is 0 Å². The van der Waals surface area contributed by atoms with Gasteiger partial charge in [-0.15, -0.1) is 0 Å². The molecule has 1 rings (SSSR count). The summed E-state index contributed by atoms with van der Waals surface area (Å²) < 4.78 is 0. The quantitative estimate of drug-likeness (QED) is 0.502. The molecule has 0 saturated carbocycles. The molecular formula is C11H11O2-. The normalized spacial score (nSPS) is 11.4. The van der Waals surface area contributed by atoms with Gasteiger partial charge >= 0.3 is 0 Å². The summed E-state index contributed by atoms with van der Waals surface area (Å²) in [7, 11) is 0. The molecule has 1 aromatic carbocycles. The predicted molar refractivity (Wildman–Crippen MR) is 49.8 cm³/mol. The van der Waals surface area contributed by atoms with E-state index in [1.165, 1.54) is 6.92 Å². The second-order valence-corrected chi connectivity index (χ2v) is 2.99. The summed E-state index contributed by atoms with van der Waals surface area (Å²) in [6.07, 6.45) is 1.10. The number of carbonyl (C=O) groups excluding carboxylic acids is 1. The third-order valence-electron chi connectivity index (χ3n) is 1.67. The van der Waals surface area contributed by atoms with Crippen molar-refractivity contribution in [1.29, 1.82) is 0 Å². The summed E-state index contributed by atoms with van der Waals surface area (Å²) in [6.45, 7) is 3.31. The SMILES string of the molecule is CC(=O)C=C([O-])c1ccc(C)cc1. The third-order valence-corrected chi connectivity index (χ3v) is 1.67. The van der Waals surface area contributed by atoms with Crippen LogP contribution >= 0.6 is 0 Å². The van der Waals surface area contributed by atoms with Gasteiger partial charge in [-0.05, 0) is 25.5 Å². The van der Waals surface area contributed by atoms with E-state index in [9.17, 15) is 9.90 Å². The average molecular weight is 175 g/mol. The first-order valence-corrected chi connectivity index (χ1v) is 4.06. The first kappa shape index (κ1) is 9.52. The number of ketones is 1. The lowest BCUT2D eigenvalue weighted by Gasteiger charge is -2.11. The maximum Gasteiger partial charge on any atom is 0.152 e. The molecule has 0 N–H and O–H groups in total. The van der Waals surface area contributed by atoms with Gasteiger partial charge in [0.15, 0.2) is 5.78 Å². The van der Waals surface area contributed by atoms with Crippen molar-refractivity contribution in [3.63, 3.8) is 0 Å². The minimum absolute atomic E-state index is 0.217. The van der Waals surface area contributed by atoms with Crippen LogP contribution in [0.25, 0.3) is 5.76 Å². The Kier molecular flexibility index (Phi) is 2.85. The molecule has 0 bridgehead atoms. The van der Waals surface area contributed by atoms with Crippen LogP contribution in [0.4, 0.5) is 0 Å². The fourth-order valence-electron chi connectivity index (χ4n) is 0.986. The molecule has 0 aliphatic rings. The van der Waals surface area contributed by atoms with Crippen molar-refractivity contribution in [3.05, 3.63) is 41.5 Å². The highest BCUT2D eigenvalue weighted by Gasteiger charge is 1.91. The fraction of sp³-hybridized carbons (Fsp3) is 0.182. The Bertz CT molecular complexity index is 334. The third kappa shape index (κ3) is 2.75. The zero-order valence-corrected chi connectivity index (χ0v) is 7.70. The van der Waals surface area contributed by atoms with Crippen LogP contribution in [0, 0.1) is 6.92 Å². The van der Waals surface area contributed by atoms with Crippen molar-refractivity contribution in [2.45, 2.75) is 13.8 Å². The van der Waals surface area contributed by atoms with Gasteiger partial charge in [-0.1, -0.05) is 35.6 Å². The van der Waals surface area contributed by atoms with E-state index in [0.717, 1.165) is 11.6 Å². The van der Waals surface area contributed by atoms with Crippen molar-refractivity contribution >= 4 is 11.5 Å². The summed E-state index contributed by atoms with van der Waals surface area (Å²) in [4.78, 5) is 10.6. The van der Waals surface area contributed by atoms with Gasteiger partial charge in [0.05, 0.1) is 0 Å². The smallest absolute Gasteiger partial charge is 0.152 e. The van der Waals surface area contributed by atoms with Crippen molar-refractivity contribution < 1.29 is 9.90 Å². The van der Waals surface area contributed by atoms with Crippen LogP contribution in [-0.2, 0) is 4.79 Å². The van der Waals surface area contributed by atoms with Crippen LogP contribution in [0.15, 0.2) is 30.3 Å². The molecule has 0 amide bonds. The van der Waals surface area contributed by atoms with Gasteiger partial charge in [-0.25, -0.2) is 0 Å². The molecule has 1 aromatic rings. The standard InChI is InChI=1S/C11H12O2/c1-8-3-5-10(6-4-8)11(13)7-9(2)12/h3-7,13H,1-2H3/p-1. The maximum absolute atomic E-state index is 11.3. The van der Waals surface area contributed by atoms with Gasteiger partial charge in [0.2, 0.25) is 0 Å². The van der Waals surface area contributed by atoms with E-state index in [2.05, 4.69) is 0 Å². The number of rotatable bonds is 2. The van der Waals surface area contributed by atoms with Gasteiger partial charge in [0, 0.05) is 0 Å². The van der Waals surface area contributed by atoms with E-state index in [1.54, 1.807) is 12.1 Å². The molecule has 0 saturated heterocycles. The second kappa shape index (κ2) is 3.90. The second-order valence-electron chi connectivity index (χ2n) is 2.99. The zero-order valence-electron chi connectivity index (χ0n) is 7.70. The van der Waals surface area contributed by atoms with Crippen LogP contribution < -0.4 is 5.11 Å². The fourth-order valence-corrected chi connectivity index (χ4v) is 0.986. The molecule has 0 aliphatic heterocycles. The van der Waals surface area contributed by atoms with E-state index in [4.69, 9.17) is 0 Å². The number of hydrogen-bond donors (Lipinski definition) is 0. The molecule has 0 radical (unpaired) electrons. The zero-order chi connectivity index (χ0) is 9.84. The van der Waals surface area contributed by atoms with Crippen molar-refractivity contribution in [3.8, 4) is 0 Å². The lowest BCUT2D eigenvalue weighted by atomic mass is 10.1. The summed E-state index contributed by atoms with van der Waals surface area (Å²) in [5.74, 6) is -0.446. The van der Waals surface area contributed by atoms with E-state index in [0.29, 0.717) is 5.56 Å². The van der Waals surface area contributed by atoms with E-state index in [-0.39, 0.29) is 11.5 Å². The molecule has 0 fully saturated rings. The molecule has 2 nitrogen and oxygen atoms in total. The maximum atomic E-state index is 11.3. The van der Waals surface area contributed by atoms with Crippen molar-refractivity contribution in [1.82, 2.24) is 0 Å². The molecule has 0 atom stereocenters. The predicted octanol–water partition coefficient (Wildman–Crippen LogP) is 1.29. The molecule has 68 valence electrons. The van der Waals surface area contributed by atoms with Crippen LogP contribution in [0.2, 0.25) is 0 Å². The first-order chi connectivity index (χ1) is 6.09. The molecule has 0 unspecified atom stereocenters. The number of carbonyl (C=O) groups is 1. The molecule has 0 aromatic heterocycles. The molecule has 0 heterocycles. The van der Waals surface area contributed by atoms with Gasteiger partial charge in [-0.2, -0.15) is 0 Å². The van der Waals surface area contributed by atoms with Crippen LogP contribution in [0.5, 0.6) is 0 Å². The van der Waals surface area contributed by atoms with Crippen LogP contribution in [-0.4, -0.2) is 5.78 Å². The molecule has 13 heavy (non-hydrogen) atoms. The molecule has 0 aliphatic carbocycles. The Labute approximate surface area is 77.5 Å². The van der Waals surface area contributed by atoms with Gasteiger partial charge < -0.3 is 5.11 Å². The summed E-state index contributed by atoms with van der Waals surface area (Å²) in [5, 5.41) is 11.3. The summed E-state index contributed by atoms with van der Waals surface area (Å²) in [5.41, 5.74) is 1.65. The van der Waals surface area contributed by atoms with Gasteiger partial charge in [-0.3, -0.25) is 4.79 Å². The number of hydrogen-bond acceptors (Lipinski definition) is 2. The first-order valence-electron chi connectivity index (χ1n) is 4.06. The number of aryl methyl sites for hydroxylation is 1. The number of allylic oxidation sites excluding steroid dienone is 1. The summed E-state index contributed by atoms with van der Waals surface area (Å²) in [6, 6.07) is 7.14. The Morgan fingerprint density at radius 3 is 2.31 bits per heavy atom. The minimum atomic E-state index is -0.229. The lowest BCUT2D eigenvalue weighted by Crippen LogP contribution is -2.04. The average Bonchev–Trinajstić information content (AvgIpc) is 2.04. The van der Waals surface area contributed by atoms with Crippen molar-refractivity contribution in [2.24, 2.45) is 0 Å². The highest BCUT2D eigenvalue weighted by Crippen LogP contribution is 2.09. The van der Waals surface area contributed by atoms with Gasteiger partial charge in [0.25, 0.3) is 0 Å². The minimum Gasteiger partial charge on any atom is -0.872 e. The monoisotopic (exact) mass is 175 g/mol. The van der Waals surface area contributed by atoms with E-state index < -0.39 is 0 Å². The highest BCUT2D eigenvalue weighted by atomic mass is 16.3. The molecule has 2 heteroatoms. The van der Waals surface area contributed by atoms with Gasteiger partial charge in [0.1, 0.15) is 0 Å². The number of benzene rings is 1. The summed E-state index contributed by atoms with van der Waals surface area (Å²) >= 11 is 0.